The third kappa shape index (κ3) is 4.82. The van der Waals surface area contributed by atoms with E-state index in [4.69, 9.17) is 0 Å². The summed E-state index contributed by atoms with van der Waals surface area (Å²) in [6, 6.07) is 16.6. The van der Waals surface area contributed by atoms with Crippen LogP contribution in [0.5, 0.6) is 0 Å². The molecule has 0 aliphatic carbocycles. The summed E-state index contributed by atoms with van der Waals surface area (Å²) < 4.78 is 25.0. The van der Waals surface area contributed by atoms with Crippen molar-refractivity contribution >= 4 is 21.6 Å². The van der Waals surface area contributed by atoms with Crippen molar-refractivity contribution in [2.75, 3.05) is 23.7 Å². The largest absolute Gasteiger partial charge is 0.351 e. The lowest BCUT2D eigenvalue weighted by molar-refractivity contribution is 0.0951. The van der Waals surface area contributed by atoms with Gasteiger partial charge in [-0.15, -0.1) is 0 Å². The Balaban J connectivity index is 1.99. The molecule has 134 valence electrons. The van der Waals surface area contributed by atoms with Gasteiger partial charge in [-0.25, -0.2) is 8.42 Å². The summed E-state index contributed by atoms with van der Waals surface area (Å²) in [7, 11) is -1.79. The average molecular weight is 360 g/mol. The van der Waals surface area contributed by atoms with Crippen molar-refractivity contribution in [3.63, 3.8) is 0 Å². The molecule has 0 fully saturated rings. The fourth-order valence-corrected chi connectivity index (χ4v) is 3.25. The molecule has 0 radical (unpaired) electrons. The molecule has 1 unspecified atom stereocenters. The molecule has 1 amide bonds. The summed E-state index contributed by atoms with van der Waals surface area (Å²) >= 11 is 0. The van der Waals surface area contributed by atoms with E-state index in [0.29, 0.717) is 17.8 Å². The zero-order valence-electron chi connectivity index (χ0n) is 14.8. The van der Waals surface area contributed by atoms with Gasteiger partial charge in [-0.1, -0.05) is 37.3 Å². The molecule has 1 atom stereocenters. The van der Waals surface area contributed by atoms with E-state index >= 15 is 0 Å². The molecule has 5 nitrogen and oxygen atoms in total. The number of hydrogen-bond donors (Lipinski definition) is 1. The zero-order valence-corrected chi connectivity index (χ0v) is 15.6. The van der Waals surface area contributed by atoms with Gasteiger partial charge in [0.05, 0.1) is 11.4 Å². The lowest BCUT2D eigenvalue weighted by atomic mass is 10.0. The number of carbonyl (C=O) groups is 1. The second-order valence-electron chi connectivity index (χ2n) is 5.94. The SMILES string of the molecule is CCS(=O)(=O)N(C)c1ccc(C(=O)NCC(C)c2ccccc2)cc1. The van der Waals surface area contributed by atoms with Crippen LogP contribution in [0.15, 0.2) is 54.6 Å². The van der Waals surface area contributed by atoms with Crippen molar-refractivity contribution in [2.24, 2.45) is 0 Å². The molecule has 1 N–H and O–H groups in total. The summed E-state index contributed by atoms with van der Waals surface area (Å²) in [4.78, 5) is 12.3. The Morgan fingerprint density at radius 3 is 2.24 bits per heavy atom. The fourth-order valence-electron chi connectivity index (χ4n) is 2.42. The van der Waals surface area contributed by atoms with Crippen molar-refractivity contribution in [3.05, 3.63) is 65.7 Å². The van der Waals surface area contributed by atoms with E-state index in [2.05, 4.69) is 12.2 Å². The maximum atomic E-state index is 12.3. The summed E-state index contributed by atoms with van der Waals surface area (Å²) in [5.74, 6) is 0.0731. The number of nitrogens with one attached hydrogen (secondary N) is 1. The number of anilines is 1. The Kier molecular flexibility index (Phi) is 6.20. The average Bonchev–Trinajstić information content (AvgIpc) is 2.66. The van der Waals surface area contributed by atoms with Crippen LogP contribution in [0.2, 0.25) is 0 Å². The van der Waals surface area contributed by atoms with Gasteiger partial charge in [0.1, 0.15) is 0 Å². The topological polar surface area (TPSA) is 66.5 Å². The minimum atomic E-state index is -3.30. The molecule has 0 aliphatic rings. The van der Waals surface area contributed by atoms with Crippen molar-refractivity contribution in [1.82, 2.24) is 5.32 Å². The van der Waals surface area contributed by atoms with Crippen LogP contribution in [-0.4, -0.2) is 33.7 Å². The number of carbonyl (C=O) groups excluding carboxylic acids is 1. The molecule has 0 aliphatic heterocycles. The van der Waals surface area contributed by atoms with Crippen LogP contribution < -0.4 is 9.62 Å². The van der Waals surface area contributed by atoms with Crippen molar-refractivity contribution in [2.45, 2.75) is 19.8 Å². The first-order chi connectivity index (χ1) is 11.8. The Morgan fingerprint density at radius 2 is 1.68 bits per heavy atom. The van der Waals surface area contributed by atoms with E-state index in [1.165, 1.54) is 16.9 Å². The number of rotatable bonds is 7. The Morgan fingerprint density at radius 1 is 1.08 bits per heavy atom. The van der Waals surface area contributed by atoms with E-state index in [9.17, 15) is 13.2 Å². The third-order valence-corrected chi connectivity index (χ3v) is 5.99. The van der Waals surface area contributed by atoms with E-state index < -0.39 is 10.0 Å². The molecule has 2 rings (SSSR count). The highest BCUT2D eigenvalue weighted by molar-refractivity contribution is 7.92. The molecule has 0 saturated heterocycles. The molecular weight excluding hydrogens is 336 g/mol. The van der Waals surface area contributed by atoms with Crippen molar-refractivity contribution < 1.29 is 13.2 Å². The molecule has 0 aromatic heterocycles. The van der Waals surface area contributed by atoms with Gasteiger partial charge in [0.15, 0.2) is 0 Å². The number of amides is 1. The smallest absolute Gasteiger partial charge is 0.251 e. The lowest BCUT2D eigenvalue weighted by Crippen LogP contribution is -2.29. The van der Waals surface area contributed by atoms with Gasteiger partial charge in [0, 0.05) is 19.2 Å². The first-order valence-electron chi connectivity index (χ1n) is 8.25. The van der Waals surface area contributed by atoms with Gasteiger partial charge >= 0.3 is 0 Å². The Hall–Kier alpha value is -2.34. The zero-order chi connectivity index (χ0) is 18.4. The first-order valence-corrected chi connectivity index (χ1v) is 9.86. The number of benzene rings is 2. The number of hydrogen-bond acceptors (Lipinski definition) is 3. The van der Waals surface area contributed by atoms with Crippen LogP contribution in [0.1, 0.15) is 35.7 Å². The first kappa shape index (κ1) is 19.0. The Bertz CT molecular complexity index is 802. The number of sulfonamides is 1. The van der Waals surface area contributed by atoms with Gasteiger partial charge in [-0.05, 0) is 42.7 Å². The van der Waals surface area contributed by atoms with Gasteiger partial charge in [-0.3, -0.25) is 9.10 Å². The summed E-state index contributed by atoms with van der Waals surface area (Å²) in [6.07, 6.45) is 0. The van der Waals surface area contributed by atoms with Gasteiger partial charge in [-0.2, -0.15) is 0 Å². The number of nitrogens with zero attached hydrogens (tertiary/aromatic N) is 1. The normalized spacial score (nSPS) is 12.4. The second-order valence-corrected chi connectivity index (χ2v) is 8.23. The standard InChI is InChI=1S/C19H24N2O3S/c1-4-25(23,24)21(3)18-12-10-17(11-13-18)19(22)20-14-15(2)16-8-6-5-7-9-16/h5-13,15H,4,14H2,1-3H3,(H,20,22). The predicted octanol–water partition coefficient (Wildman–Crippen LogP) is 3.01. The minimum Gasteiger partial charge on any atom is -0.351 e. The summed E-state index contributed by atoms with van der Waals surface area (Å²) in [5, 5.41) is 2.92. The van der Waals surface area contributed by atoms with Crippen LogP contribution in [0.3, 0.4) is 0 Å². The van der Waals surface area contributed by atoms with Gasteiger partial charge in [0.25, 0.3) is 5.91 Å². The highest BCUT2D eigenvalue weighted by Crippen LogP contribution is 2.18. The summed E-state index contributed by atoms with van der Waals surface area (Å²) in [6.45, 7) is 4.19. The monoisotopic (exact) mass is 360 g/mol. The highest BCUT2D eigenvalue weighted by Gasteiger charge is 2.16. The van der Waals surface area contributed by atoms with Crippen molar-refractivity contribution in [1.29, 1.82) is 0 Å². The van der Waals surface area contributed by atoms with Crippen LogP contribution in [0.25, 0.3) is 0 Å². The molecule has 0 saturated carbocycles. The predicted molar refractivity (Wildman–Crippen MR) is 101 cm³/mol. The lowest BCUT2D eigenvalue weighted by Gasteiger charge is -2.18. The molecular formula is C19H24N2O3S. The molecule has 0 heterocycles. The minimum absolute atomic E-state index is 0.0309. The van der Waals surface area contributed by atoms with E-state index in [-0.39, 0.29) is 17.6 Å². The molecule has 0 spiro atoms. The molecule has 2 aromatic rings. The molecule has 0 bridgehead atoms. The van der Waals surface area contributed by atoms with Crippen LogP contribution >= 0.6 is 0 Å². The third-order valence-electron chi connectivity index (χ3n) is 4.21. The molecule has 6 heteroatoms. The Labute approximate surface area is 149 Å². The van der Waals surface area contributed by atoms with Gasteiger partial charge < -0.3 is 5.32 Å². The molecule has 2 aromatic carbocycles. The molecule has 25 heavy (non-hydrogen) atoms. The van der Waals surface area contributed by atoms with Crippen LogP contribution in [0.4, 0.5) is 5.69 Å². The quantitative estimate of drug-likeness (QED) is 0.825. The maximum absolute atomic E-state index is 12.3. The van der Waals surface area contributed by atoms with E-state index in [1.807, 2.05) is 30.3 Å². The summed E-state index contributed by atoms with van der Waals surface area (Å²) in [5.41, 5.74) is 2.21. The fraction of sp³-hybridized carbons (Fsp3) is 0.316. The van der Waals surface area contributed by atoms with Gasteiger partial charge in [0.2, 0.25) is 10.0 Å². The van der Waals surface area contributed by atoms with E-state index in [0.717, 1.165) is 0 Å². The second kappa shape index (κ2) is 8.16. The van der Waals surface area contributed by atoms with Crippen LogP contribution in [-0.2, 0) is 10.0 Å². The van der Waals surface area contributed by atoms with E-state index in [1.54, 1.807) is 31.2 Å². The van der Waals surface area contributed by atoms with Crippen LogP contribution in [0, 0.1) is 0 Å². The maximum Gasteiger partial charge on any atom is 0.251 e. The van der Waals surface area contributed by atoms with Crippen molar-refractivity contribution in [3.8, 4) is 0 Å². The highest BCUT2D eigenvalue weighted by atomic mass is 32.2.